The number of fused-ring (bicyclic) bond motifs is 1. The summed E-state index contributed by atoms with van der Waals surface area (Å²) in [5, 5.41) is 4.81. The van der Waals surface area contributed by atoms with E-state index in [1.807, 2.05) is 13.0 Å². The van der Waals surface area contributed by atoms with Crippen LogP contribution in [0, 0.1) is 6.92 Å². The van der Waals surface area contributed by atoms with E-state index in [0.717, 1.165) is 55.8 Å². The predicted molar refractivity (Wildman–Crippen MR) is 103 cm³/mol. The third-order valence-corrected chi connectivity index (χ3v) is 5.18. The van der Waals surface area contributed by atoms with Crippen LogP contribution in [0.5, 0.6) is 5.88 Å². The molecule has 9 nitrogen and oxygen atoms in total. The minimum absolute atomic E-state index is 0.0585. The molecule has 0 aliphatic carbocycles. The first-order valence-electron chi connectivity index (χ1n) is 9.55. The van der Waals surface area contributed by atoms with Crippen molar-refractivity contribution in [3.05, 3.63) is 30.4 Å². The van der Waals surface area contributed by atoms with Gasteiger partial charge in [0.2, 0.25) is 5.88 Å². The van der Waals surface area contributed by atoms with Crippen LogP contribution in [0.3, 0.4) is 0 Å². The molecule has 0 radical (unpaired) electrons. The summed E-state index contributed by atoms with van der Waals surface area (Å²) in [5.41, 5.74) is 2.02. The van der Waals surface area contributed by atoms with Gasteiger partial charge in [0.25, 0.3) is 0 Å². The molecule has 0 N–H and O–H groups in total. The van der Waals surface area contributed by atoms with Crippen LogP contribution in [0.1, 0.15) is 12.2 Å². The maximum atomic E-state index is 6.08. The normalized spacial score (nSPS) is 20.1. The summed E-state index contributed by atoms with van der Waals surface area (Å²) in [6, 6.07) is 6.84. The number of benzene rings is 1. The van der Waals surface area contributed by atoms with Crippen LogP contribution in [0.4, 0.5) is 11.7 Å². The molecule has 0 spiro atoms. The predicted octanol–water partition coefficient (Wildman–Crippen LogP) is 1.82. The number of hydrogen-bond donors (Lipinski definition) is 0. The van der Waals surface area contributed by atoms with Crippen molar-refractivity contribution in [3.63, 3.8) is 0 Å². The third-order valence-electron chi connectivity index (χ3n) is 5.18. The fraction of sp³-hybridized carbons (Fsp3) is 0.474. The first-order chi connectivity index (χ1) is 13.8. The molecule has 1 aromatic carbocycles. The van der Waals surface area contributed by atoms with Crippen molar-refractivity contribution < 1.29 is 14.0 Å². The van der Waals surface area contributed by atoms with Crippen molar-refractivity contribution in [1.82, 2.24) is 20.1 Å². The van der Waals surface area contributed by atoms with Gasteiger partial charge >= 0.3 is 6.01 Å². The first-order valence-corrected chi connectivity index (χ1v) is 9.55. The van der Waals surface area contributed by atoms with E-state index in [1.54, 1.807) is 6.33 Å². The molecular formula is C19H22N6O3. The summed E-state index contributed by atoms with van der Waals surface area (Å²) in [4.78, 5) is 17.5. The van der Waals surface area contributed by atoms with Crippen molar-refractivity contribution >= 4 is 22.6 Å². The summed E-state index contributed by atoms with van der Waals surface area (Å²) in [5.74, 6) is 1.29. The first kappa shape index (κ1) is 17.2. The molecule has 2 aliphatic heterocycles. The second-order valence-electron chi connectivity index (χ2n) is 7.08. The maximum Gasteiger partial charge on any atom is 0.324 e. The van der Waals surface area contributed by atoms with Crippen LogP contribution >= 0.6 is 0 Å². The number of nitrogens with zero attached hydrogens (tertiary/aromatic N) is 6. The second-order valence-corrected chi connectivity index (χ2v) is 7.08. The van der Waals surface area contributed by atoms with Crippen molar-refractivity contribution in [2.24, 2.45) is 0 Å². The fourth-order valence-electron chi connectivity index (χ4n) is 3.65. The zero-order valence-electron chi connectivity index (χ0n) is 15.7. The number of hydrogen-bond acceptors (Lipinski definition) is 9. The van der Waals surface area contributed by atoms with Gasteiger partial charge in [-0.05, 0) is 25.1 Å². The van der Waals surface area contributed by atoms with Gasteiger partial charge in [-0.2, -0.15) is 4.98 Å². The van der Waals surface area contributed by atoms with E-state index in [2.05, 4.69) is 42.0 Å². The number of rotatable bonds is 4. The molecular weight excluding hydrogens is 360 g/mol. The van der Waals surface area contributed by atoms with E-state index in [1.165, 1.54) is 0 Å². The Morgan fingerprint density at radius 2 is 1.96 bits per heavy atom. The molecule has 146 valence electrons. The monoisotopic (exact) mass is 382 g/mol. The average molecular weight is 382 g/mol. The van der Waals surface area contributed by atoms with Crippen LogP contribution in [0.2, 0.25) is 0 Å². The van der Waals surface area contributed by atoms with Crippen LogP contribution in [-0.4, -0.2) is 65.6 Å². The molecule has 1 atom stereocenters. The minimum atomic E-state index is 0.0585. The number of anilines is 2. The molecule has 2 aliphatic rings. The van der Waals surface area contributed by atoms with Gasteiger partial charge in [0.15, 0.2) is 5.82 Å². The average Bonchev–Trinajstić information content (AvgIpc) is 3.40. The van der Waals surface area contributed by atoms with Crippen LogP contribution in [0.25, 0.3) is 10.9 Å². The van der Waals surface area contributed by atoms with E-state index >= 15 is 0 Å². The fourth-order valence-corrected chi connectivity index (χ4v) is 3.65. The lowest BCUT2D eigenvalue weighted by molar-refractivity contribution is 0.139. The van der Waals surface area contributed by atoms with Crippen molar-refractivity contribution in [2.45, 2.75) is 19.4 Å². The maximum absolute atomic E-state index is 6.08. The Kier molecular flexibility index (Phi) is 4.44. The van der Waals surface area contributed by atoms with Gasteiger partial charge in [0.1, 0.15) is 12.4 Å². The number of aromatic nitrogens is 4. The molecule has 0 bridgehead atoms. The van der Waals surface area contributed by atoms with Gasteiger partial charge in [0, 0.05) is 38.3 Å². The van der Waals surface area contributed by atoms with Gasteiger partial charge in [0.05, 0.1) is 24.1 Å². The quantitative estimate of drug-likeness (QED) is 0.670. The van der Waals surface area contributed by atoms with Gasteiger partial charge < -0.3 is 23.8 Å². The van der Waals surface area contributed by atoms with Gasteiger partial charge in [-0.1, -0.05) is 5.16 Å². The molecule has 0 amide bonds. The molecule has 28 heavy (non-hydrogen) atoms. The number of aryl methyl sites for hydroxylation is 1. The highest BCUT2D eigenvalue weighted by atomic mass is 16.5. The summed E-state index contributed by atoms with van der Waals surface area (Å²) < 4.78 is 16.8. The molecule has 5 rings (SSSR count). The van der Waals surface area contributed by atoms with E-state index in [4.69, 9.17) is 14.0 Å². The summed E-state index contributed by atoms with van der Waals surface area (Å²) in [6.45, 7) is 6.57. The van der Waals surface area contributed by atoms with E-state index in [0.29, 0.717) is 24.3 Å². The molecule has 3 aromatic rings. The number of piperazine rings is 1. The standard InChI is InChI=1S/C19H22N6O3/c1-13-22-19(28-23-13)25-7-5-24(6-8-25)14-2-3-17-16(10-14)18(21-12-20-17)27-15-4-9-26-11-15/h2-3,10,12,15H,4-9,11H2,1H3. The molecule has 4 heterocycles. The molecule has 9 heteroatoms. The summed E-state index contributed by atoms with van der Waals surface area (Å²) >= 11 is 0. The van der Waals surface area contributed by atoms with Crippen molar-refractivity contribution in [3.8, 4) is 5.88 Å². The lowest BCUT2D eigenvalue weighted by atomic mass is 10.2. The topological polar surface area (TPSA) is 89.6 Å². The Labute approximate surface area is 162 Å². The minimum Gasteiger partial charge on any atom is -0.471 e. The van der Waals surface area contributed by atoms with Gasteiger partial charge in [-0.25, -0.2) is 9.97 Å². The number of ether oxygens (including phenoxy) is 2. The second kappa shape index (κ2) is 7.23. The van der Waals surface area contributed by atoms with Crippen LogP contribution < -0.4 is 14.5 Å². The molecule has 2 fully saturated rings. The van der Waals surface area contributed by atoms with E-state index in [-0.39, 0.29) is 6.10 Å². The Balaban J connectivity index is 1.34. The van der Waals surface area contributed by atoms with Crippen LogP contribution in [-0.2, 0) is 4.74 Å². The summed E-state index contributed by atoms with van der Waals surface area (Å²) in [6.07, 6.45) is 2.50. The Bertz CT molecular complexity index is 963. The molecule has 1 unspecified atom stereocenters. The van der Waals surface area contributed by atoms with E-state index < -0.39 is 0 Å². The highest BCUT2D eigenvalue weighted by Gasteiger charge is 2.23. The lowest BCUT2D eigenvalue weighted by Crippen LogP contribution is -2.46. The highest BCUT2D eigenvalue weighted by molar-refractivity contribution is 5.86. The SMILES string of the molecule is Cc1noc(N2CCN(c3ccc4ncnc(OC5CCOC5)c4c3)CC2)n1. The lowest BCUT2D eigenvalue weighted by Gasteiger charge is -2.35. The van der Waals surface area contributed by atoms with Gasteiger partial charge in [-0.15, -0.1) is 0 Å². The highest BCUT2D eigenvalue weighted by Crippen LogP contribution is 2.29. The van der Waals surface area contributed by atoms with Crippen molar-refractivity contribution in [1.29, 1.82) is 0 Å². The molecule has 0 saturated carbocycles. The van der Waals surface area contributed by atoms with Gasteiger partial charge in [-0.3, -0.25) is 0 Å². The summed E-state index contributed by atoms with van der Waals surface area (Å²) in [7, 11) is 0. The largest absolute Gasteiger partial charge is 0.471 e. The van der Waals surface area contributed by atoms with Crippen LogP contribution in [0.15, 0.2) is 29.0 Å². The Morgan fingerprint density at radius 1 is 1.11 bits per heavy atom. The zero-order valence-corrected chi connectivity index (χ0v) is 15.7. The third kappa shape index (κ3) is 3.33. The zero-order chi connectivity index (χ0) is 18.9. The Morgan fingerprint density at radius 3 is 2.71 bits per heavy atom. The molecule has 2 saturated heterocycles. The Hall–Kier alpha value is -2.94. The van der Waals surface area contributed by atoms with Crippen molar-refractivity contribution in [2.75, 3.05) is 49.2 Å². The molecule has 2 aromatic heterocycles. The van der Waals surface area contributed by atoms with E-state index in [9.17, 15) is 0 Å². The smallest absolute Gasteiger partial charge is 0.324 e.